The summed E-state index contributed by atoms with van der Waals surface area (Å²) in [4.78, 5) is 6.53. The number of aromatic nitrogens is 2. The van der Waals surface area contributed by atoms with Crippen molar-refractivity contribution >= 4 is 40.2 Å². The van der Waals surface area contributed by atoms with Gasteiger partial charge in [-0.3, -0.25) is 0 Å². The first kappa shape index (κ1) is 15.4. The second-order valence-corrected chi connectivity index (χ2v) is 7.03. The third kappa shape index (κ3) is 3.19. The number of hydrogen-bond acceptors (Lipinski definition) is 3. The smallest absolute Gasteiger partial charge is 0.201 e. The van der Waals surface area contributed by atoms with Gasteiger partial charge in [-0.25, -0.2) is 4.98 Å². The molecule has 0 aliphatic heterocycles. The monoisotopic (exact) mass is 314 g/mol. The molecule has 0 radical (unpaired) electrons. The fourth-order valence-electron chi connectivity index (χ4n) is 2.64. The molecule has 20 heavy (non-hydrogen) atoms. The van der Waals surface area contributed by atoms with Crippen LogP contribution in [0.25, 0.3) is 11.0 Å². The molecule has 0 unspecified atom stereocenters. The molecule has 1 aromatic heterocycles. The summed E-state index contributed by atoms with van der Waals surface area (Å²) in [6.07, 6.45) is 0. The van der Waals surface area contributed by atoms with E-state index >= 15 is 0 Å². The molecule has 0 aliphatic carbocycles. The Kier molecular flexibility index (Phi) is 4.19. The number of halogens is 2. The molecule has 4 nitrogen and oxygen atoms in total. The molecule has 0 atom stereocenters. The first-order valence-electron chi connectivity index (χ1n) is 6.45. The second-order valence-electron chi connectivity index (χ2n) is 6.21. The van der Waals surface area contributed by atoms with E-state index < -0.39 is 0 Å². The van der Waals surface area contributed by atoms with Crippen molar-refractivity contribution in [2.24, 2.45) is 5.41 Å². The van der Waals surface area contributed by atoms with E-state index in [9.17, 15) is 0 Å². The van der Waals surface area contributed by atoms with Gasteiger partial charge < -0.3 is 15.2 Å². The van der Waals surface area contributed by atoms with Crippen molar-refractivity contribution in [1.29, 1.82) is 0 Å². The third-order valence-electron chi connectivity index (χ3n) is 3.15. The highest BCUT2D eigenvalue weighted by molar-refractivity contribution is 6.42. The van der Waals surface area contributed by atoms with E-state index in [-0.39, 0.29) is 5.41 Å². The van der Waals surface area contributed by atoms with Gasteiger partial charge in [0.1, 0.15) is 0 Å². The minimum Gasteiger partial charge on any atom is -0.369 e. The van der Waals surface area contributed by atoms with E-state index in [1.807, 2.05) is 10.6 Å². The lowest BCUT2D eigenvalue weighted by molar-refractivity contribution is 0.214. The molecule has 2 aromatic rings. The van der Waals surface area contributed by atoms with Gasteiger partial charge in [0.25, 0.3) is 0 Å². The summed E-state index contributed by atoms with van der Waals surface area (Å²) in [5.74, 6) is 0.491. The minimum absolute atomic E-state index is 0.0668. The number of nitrogens with zero attached hydrogens (tertiary/aromatic N) is 3. The summed E-state index contributed by atoms with van der Waals surface area (Å²) >= 11 is 12.1. The van der Waals surface area contributed by atoms with Crippen molar-refractivity contribution in [3.8, 4) is 0 Å². The molecule has 2 rings (SSSR count). The highest BCUT2D eigenvalue weighted by Gasteiger charge is 2.22. The topological polar surface area (TPSA) is 47.1 Å². The van der Waals surface area contributed by atoms with Crippen LogP contribution in [0.15, 0.2) is 12.1 Å². The number of rotatable bonds is 4. The van der Waals surface area contributed by atoms with Crippen LogP contribution >= 0.6 is 23.2 Å². The number of imidazole rings is 1. The van der Waals surface area contributed by atoms with Crippen LogP contribution in [0.5, 0.6) is 0 Å². The molecule has 110 valence electrons. The number of nitrogen functional groups attached to an aromatic ring is 1. The van der Waals surface area contributed by atoms with Crippen LogP contribution in [0.3, 0.4) is 0 Å². The molecule has 1 aromatic carbocycles. The molecule has 0 bridgehead atoms. The van der Waals surface area contributed by atoms with Crippen LogP contribution in [0.1, 0.15) is 13.8 Å². The van der Waals surface area contributed by atoms with E-state index in [2.05, 4.69) is 37.8 Å². The third-order valence-corrected chi connectivity index (χ3v) is 3.87. The number of benzene rings is 1. The van der Waals surface area contributed by atoms with E-state index in [0.717, 1.165) is 24.1 Å². The Morgan fingerprint density at radius 1 is 1.25 bits per heavy atom. The summed E-state index contributed by atoms with van der Waals surface area (Å²) < 4.78 is 2.00. The lowest BCUT2D eigenvalue weighted by Gasteiger charge is -2.29. The zero-order valence-corrected chi connectivity index (χ0v) is 13.8. The molecule has 6 heteroatoms. The Bertz CT molecular complexity index is 632. The first-order chi connectivity index (χ1) is 9.19. The van der Waals surface area contributed by atoms with Crippen molar-refractivity contribution in [3.05, 3.63) is 22.2 Å². The highest BCUT2D eigenvalue weighted by Crippen LogP contribution is 2.31. The molecule has 0 spiro atoms. The molecule has 0 saturated heterocycles. The number of fused-ring (bicyclic) bond motifs is 1. The number of anilines is 1. The van der Waals surface area contributed by atoms with E-state index in [1.165, 1.54) is 0 Å². The van der Waals surface area contributed by atoms with Gasteiger partial charge in [-0.1, -0.05) is 37.0 Å². The zero-order valence-electron chi connectivity index (χ0n) is 12.2. The van der Waals surface area contributed by atoms with Crippen LogP contribution in [0.4, 0.5) is 5.95 Å². The number of nitrogens with two attached hydrogens (primary N) is 1. The largest absolute Gasteiger partial charge is 0.369 e. The SMILES string of the molecule is CN(C)CC(C)(C)Cn1c(N)nc2cc(Cl)c(Cl)cc21. The van der Waals surface area contributed by atoms with Gasteiger partial charge in [0, 0.05) is 13.1 Å². The average molecular weight is 315 g/mol. The van der Waals surface area contributed by atoms with Gasteiger partial charge in [0.2, 0.25) is 5.95 Å². The second kappa shape index (κ2) is 5.43. The normalized spacial score (nSPS) is 12.6. The van der Waals surface area contributed by atoms with Crippen LogP contribution in [-0.2, 0) is 6.54 Å². The Hall–Kier alpha value is -0.970. The molecular formula is C14H20Cl2N4. The van der Waals surface area contributed by atoms with Gasteiger partial charge in [0.15, 0.2) is 0 Å². The van der Waals surface area contributed by atoms with Crippen molar-refractivity contribution in [2.75, 3.05) is 26.4 Å². The maximum atomic E-state index is 6.10. The predicted molar refractivity (Wildman–Crippen MR) is 86.5 cm³/mol. The number of hydrogen-bond donors (Lipinski definition) is 1. The minimum atomic E-state index is 0.0668. The Morgan fingerprint density at radius 3 is 2.45 bits per heavy atom. The van der Waals surface area contributed by atoms with Crippen LogP contribution in [-0.4, -0.2) is 35.1 Å². The lowest BCUT2D eigenvalue weighted by atomic mass is 9.93. The Labute approximate surface area is 129 Å². The highest BCUT2D eigenvalue weighted by atomic mass is 35.5. The fraction of sp³-hybridized carbons (Fsp3) is 0.500. The Morgan fingerprint density at radius 2 is 1.85 bits per heavy atom. The average Bonchev–Trinajstić information content (AvgIpc) is 2.54. The van der Waals surface area contributed by atoms with Gasteiger partial charge in [0.05, 0.1) is 21.1 Å². The summed E-state index contributed by atoms with van der Waals surface area (Å²) in [5.41, 5.74) is 7.81. The fourth-order valence-corrected chi connectivity index (χ4v) is 2.95. The lowest BCUT2D eigenvalue weighted by Crippen LogP contribution is -2.32. The summed E-state index contributed by atoms with van der Waals surface area (Å²) in [6, 6.07) is 3.58. The quantitative estimate of drug-likeness (QED) is 0.939. The zero-order chi connectivity index (χ0) is 15.1. The summed E-state index contributed by atoms with van der Waals surface area (Å²) in [7, 11) is 4.13. The van der Waals surface area contributed by atoms with Crippen molar-refractivity contribution in [3.63, 3.8) is 0 Å². The molecule has 1 heterocycles. The molecule has 2 N–H and O–H groups in total. The van der Waals surface area contributed by atoms with E-state index in [1.54, 1.807) is 6.07 Å². The molecular weight excluding hydrogens is 295 g/mol. The van der Waals surface area contributed by atoms with Crippen LogP contribution in [0, 0.1) is 5.41 Å². The maximum Gasteiger partial charge on any atom is 0.201 e. The predicted octanol–water partition coefficient (Wildman–Crippen LogP) is 3.51. The van der Waals surface area contributed by atoms with Crippen molar-refractivity contribution in [1.82, 2.24) is 14.5 Å². The molecule has 0 saturated carbocycles. The van der Waals surface area contributed by atoms with Crippen molar-refractivity contribution < 1.29 is 0 Å². The first-order valence-corrected chi connectivity index (χ1v) is 7.21. The molecule has 0 amide bonds. The maximum absolute atomic E-state index is 6.10. The van der Waals surface area contributed by atoms with E-state index in [0.29, 0.717) is 16.0 Å². The van der Waals surface area contributed by atoms with Gasteiger partial charge in [-0.2, -0.15) is 0 Å². The molecule has 0 fully saturated rings. The van der Waals surface area contributed by atoms with Crippen LogP contribution in [0.2, 0.25) is 10.0 Å². The van der Waals surface area contributed by atoms with Gasteiger partial charge in [-0.05, 0) is 31.6 Å². The van der Waals surface area contributed by atoms with Crippen molar-refractivity contribution in [2.45, 2.75) is 20.4 Å². The van der Waals surface area contributed by atoms with Crippen LogP contribution < -0.4 is 5.73 Å². The Balaban J connectivity index is 2.44. The molecule has 0 aliphatic rings. The standard InChI is InChI=1S/C14H20Cl2N4/c1-14(2,7-19(3)4)8-20-12-6-10(16)9(15)5-11(12)18-13(20)17/h5-6H,7-8H2,1-4H3,(H2,17,18). The van der Waals surface area contributed by atoms with Gasteiger partial charge in [-0.15, -0.1) is 0 Å². The van der Waals surface area contributed by atoms with Gasteiger partial charge >= 0.3 is 0 Å². The summed E-state index contributed by atoms with van der Waals surface area (Å²) in [5, 5.41) is 1.02. The van der Waals surface area contributed by atoms with E-state index in [4.69, 9.17) is 28.9 Å². The summed E-state index contributed by atoms with van der Waals surface area (Å²) in [6.45, 7) is 6.13.